The second-order valence-electron chi connectivity index (χ2n) is 4.07. The van der Waals surface area contributed by atoms with Crippen molar-refractivity contribution in [3.8, 4) is 0 Å². The molecule has 0 atom stereocenters. The van der Waals surface area contributed by atoms with Crippen LogP contribution in [-0.4, -0.2) is 25.5 Å². The number of hydrogen-bond donors (Lipinski definition) is 2. The van der Waals surface area contributed by atoms with Gasteiger partial charge in [0.1, 0.15) is 0 Å². The van der Waals surface area contributed by atoms with Crippen molar-refractivity contribution in [3.63, 3.8) is 0 Å². The molecule has 0 aliphatic heterocycles. The standard InChI is InChI=1S/C10H22N2O/c1-5-10(3,4)8-11-7-9(13)12-6-2/h11H,5-8H2,1-4H3,(H,12,13). The second kappa shape index (κ2) is 5.97. The van der Waals surface area contributed by atoms with Gasteiger partial charge in [0, 0.05) is 13.1 Å². The van der Waals surface area contributed by atoms with Crippen LogP contribution in [0.2, 0.25) is 0 Å². The number of nitrogens with one attached hydrogen (secondary N) is 2. The van der Waals surface area contributed by atoms with Crippen molar-refractivity contribution in [1.29, 1.82) is 0 Å². The Hall–Kier alpha value is -0.570. The van der Waals surface area contributed by atoms with Crippen molar-refractivity contribution in [2.75, 3.05) is 19.6 Å². The first-order valence-corrected chi connectivity index (χ1v) is 4.99. The quantitative estimate of drug-likeness (QED) is 0.653. The molecule has 0 aromatic heterocycles. The van der Waals surface area contributed by atoms with Crippen molar-refractivity contribution < 1.29 is 4.79 Å². The maximum Gasteiger partial charge on any atom is 0.233 e. The third-order valence-corrected chi connectivity index (χ3v) is 2.22. The van der Waals surface area contributed by atoms with E-state index < -0.39 is 0 Å². The molecule has 0 aromatic carbocycles. The fourth-order valence-electron chi connectivity index (χ4n) is 0.899. The van der Waals surface area contributed by atoms with Crippen molar-refractivity contribution in [2.24, 2.45) is 5.41 Å². The number of likely N-dealkylation sites (N-methyl/N-ethyl adjacent to an activating group) is 1. The SMILES string of the molecule is CCNC(=O)CNCC(C)(C)CC. The molecule has 0 unspecified atom stereocenters. The van der Waals surface area contributed by atoms with Crippen LogP contribution in [-0.2, 0) is 4.79 Å². The highest BCUT2D eigenvalue weighted by atomic mass is 16.1. The molecule has 78 valence electrons. The highest BCUT2D eigenvalue weighted by Crippen LogP contribution is 2.17. The monoisotopic (exact) mass is 186 g/mol. The zero-order valence-corrected chi connectivity index (χ0v) is 9.24. The molecule has 2 N–H and O–H groups in total. The predicted molar refractivity (Wildman–Crippen MR) is 55.6 cm³/mol. The Morgan fingerprint density at radius 1 is 1.31 bits per heavy atom. The molecule has 0 bridgehead atoms. The highest BCUT2D eigenvalue weighted by molar-refractivity contribution is 5.77. The lowest BCUT2D eigenvalue weighted by atomic mass is 9.90. The molecule has 0 aliphatic rings. The smallest absolute Gasteiger partial charge is 0.233 e. The summed E-state index contributed by atoms with van der Waals surface area (Å²) in [4.78, 5) is 11.0. The van der Waals surface area contributed by atoms with Crippen LogP contribution in [0.5, 0.6) is 0 Å². The van der Waals surface area contributed by atoms with Crippen molar-refractivity contribution in [3.05, 3.63) is 0 Å². The molecular weight excluding hydrogens is 164 g/mol. The van der Waals surface area contributed by atoms with Gasteiger partial charge in [0.2, 0.25) is 5.91 Å². The van der Waals surface area contributed by atoms with Gasteiger partial charge in [-0.25, -0.2) is 0 Å². The van der Waals surface area contributed by atoms with E-state index >= 15 is 0 Å². The largest absolute Gasteiger partial charge is 0.355 e. The van der Waals surface area contributed by atoms with Gasteiger partial charge in [-0.1, -0.05) is 20.8 Å². The maximum absolute atomic E-state index is 11.0. The fraction of sp³-hybridized carbons (Fsp3) is 0.900. The minimum absolute atomic E-state index is 0.0782. The Morgan fingerprint density at radius 3 is 2.38 bits per heavy atom. The summed E-state index contributed by atoms with van der Waals surface area (Å²) in [6.07, 6.45) is 1.12. The summed E-state index contributed by atoms with van der Waals surface area (Å²) < 4.78 is 0. The van der Waals surface area contributed by atoms with E-state index in [0.29, 0.717) is 13.1 Å². The Morgan fingerprint density at radius 2 is 1.92 bits per heavy atom. The molecular formula is C10H22N2O. The van der Waals surface area contributed by atoms with Gasteiger partial charge in [-0.3, -0.25) is 4.79 Å². The zero-order chi connectivity index (χ0) is 10.3. The molecule has 13 heavy (non-hydrogen) atoms. The molecule has 0 aliphatic carbocycles. The molecule has 0 aromatic rings. The first-order chi connectivity index (χ1) is 6.02. The molecule has 0 saturated carbocycles. The minimum atomic E-state index is 0.0782. The second-order valence-corrected chi connectivity index (χ2v) is 4.07. The summed E-state index contributed by atoms with van der Waals surface area (Å²) in [5, 5.41) is 5.90. The molecule has 0 spiro atoms. The first-order valence-electron chi connectivity index (χ1n) is 4.99. The van der Waals surface area contributed by atoms with Crippen LogP contribution in [0.1, 0.15) is 34.1 Å². The lowest BCUT2D eigenvalue weighted by molar-refractivity contribution is -0.120. The summed E-state index contributed by atoms with van der Waals surface area (Å²) in [6, 6.07) is 0. The molecule has 1 amide bonds. The van der Waals surface area contributed by atoms with E-state index in [0.717, 1.165) is 13.0 Å². The van der Waals surface area contributed by atoms with E-state index in [4.69, 9.17) is 0 Å². The average molecular weight is 186 g/mol. The number of hydrogen-bond acceptors (Lipinski definition) is 2. The lowest BCUT2D eigenvalue weighted by Gasteiger charge is -2.22. The topological polar surface area (TPSA) is 41.1 Å². The maximum atomic E-state index is 11.0. The van der Waals surface area contributed by atoms with Crippen molar-refractivity contribution >= 4 is 5.91 Å². The fourth-order valence-corrected chi connectivity index (χ4v) is 0.899. The molecule has 0 saturated heterocycles. The van der Waals surface area contributed by atoms with Crippen LogP contribution in [0.3, 0.4) is 0 Å². The van der Waals surface area contributed by atoms with Gasteiger partial charge in [-0.2, -0.15) is 0 Å². The lowest BCUT2D eigenvalue weighted by Crippen LogP contribution is -2.37. The molecule has 0 fully saturated rings. The van der Waals surface area contributed by atoms with Crippen molar-refractivity contribution in [1.82, 2.24) is 10.6 Å². The average Bonchev–Trinajstić information content (AvgIpc) is 2.05. The first kappa shape index (κ1) is 12.4. The van der Waals surface area contributed by atoms with Gasteiger partial charge < -0.3 is 10.6 Å². The number of amides is 1. The summed E-state index contributed by atoms with van der Waals surface area (Å²) in [5.41, 5.74) is 0.284. The van der Waals surface area contributed by atoms with Crippen LogP contribution in [0.25, 0.3) is 0 Å². The van der Waals surface area contributed by atoms with Gasteiger partial charge in [-0.15, -0.1) is 0 Å². The van der Waals surface area contributed by atoms with E-state index in [1.807, 2.05) is 6.92 Å². The molecule has 0 heterocycles. The predicted octanol–water partition coefficient (Wildman–Crippen LogP) is 1.15. The van der Waals surface area contributed by atoms with Crippen LogP contribution < -0.4 is 10.6 Å². The Bertz CT molecular complexity index is 155. The third-order valence-electron chi connectivity index (χ3n) is 2.22. The third kappa shape index (κ3) is 6.58. The van der Waals surface area contributed by atoms with Gasteiger partial charge in [0.25, 0.3) is 0 Å². The number of carbonyl (C=O) groups excluding carboxylic acids is 1. The Labute approximate surface area is 81.3 Å². The summed E-state index contributed by atoms with van der Waals surface area (Å²) in [5.74, 6) is 0.0782. The molecule has 0 radical (unpaired) electrons. The molecule has 3 heteroatoms. The zero-order valence-electron chi connectivity index (χ0n) is 9.24. The normalized spacial score (nSPS) is 11.4. The molecule has 3 nitrogen and oxygen atoms in total. The van der Waals surface area contributed by atoms with Crippen LogP contribution in [0, 0.1) is 5.41 Å². The van der Waals surface area contributed by atoms with Crippen LogP contribution in [0.4, 0.5) is 0 Å². The van der Waals surface area contributed by atoms with Gasteiger partial charge in [0.15, 0.2) is 0 Å². The van der Waals surface area contributed by atoms with E-state index in [2.05, 4.69) is 31.4 Å². The van der Waals surface area contributed by atoms with E-state index in [9.17, 15) is 4.79 Å². The van der Waals surface area contributed by atoms with Gasteiger partial charge in [0.05, 0.1) is 6.54 Å². The minimum Gasteiger partial charge on any atom is -0.355 e. The number of carbonyl (C=O) groups is 1. The van der Waals surface area contributed by atoms with Crippen LogP contribution >= 0.6 is 0 Å². The molecule has 0 rings (SSSR count). The van der Waals surface area contributed by atoms with Gasteiger partial charge in [-0.05, 0) is 18.8 Å². The number of rotatable bonds is 6. The van der Waals surface area contributed by atoms with E-state index in [-0.39, 0.29) is 11.3 Å². The van der Waals surface area contributed by atoms with E-state index in [1.165, 1.54) is 0 Å². The summed E-state index contributed by atoms with van der Waals surface area (Å²) in [7, 11) is 0. The van der Waals surface area contributed by atoms with Gasteiger partial charge >= 0.3 is 0 Å². The summed E-state index contributed by atoms with van der Waals surface area (Å²) >= 11 is 0. The summed E-state index contributed by atoms with van der Waals surface area (Å²) in [6.45, 7) is 10.5. The Kier molecular flexibility index (Phi) is 5.71. The Balaban J connectivity index is 3.50. The van der Waals surface area contributed by atoms with Crippen molar-refractivity contribution in [2.45, 2.75) is 34.1 Å². The van der Waals surface area contributed by atoms with Crippen LogP contribution in [0.15, 0.2) is 0 Å². The van der Waals surface area contributed by atoms with E-state index in [1.54, 1.807) is 0 Å². The highest BCUT2D eigenvalue weighted by Gasteiger charge is 2.14.